The standard InChI is InChI=1S/C32H34O18/c33-12-19(38)29-30(50-25(40)8-4-14-1-5-16(35)17(36)9-14)21(11-22(47-29)31(44)45)46-24(39)7-3-15-2-6-20(18(37)10-15)48-32-28(43)27(42)26(41)23(13-34)49-32/h1-11,19,21,23,26-30,32-38,41-43H,12-13H2,(H,44,45)/b7-3+,8-4+/t19-,21-,23-,26-,27+,28-,29-,30-,32-/m1/s1. The molecule has 0 spiro atoms. The summed E-state index contributed by atoms with van der Waals surface area (Å²) in [6, 6.07) is 7.35. The topological polar surface area (TPSA) is 300 Å². The second-order valence-corrected chi connectivity index (χ2v) is 10.9. The van der Waals surface area contributed by atoms with Crippen LogP contribution in [0.3, 0.4) is 0 Å². The van der Waals surface area contributed by atoms with E-state index >= 15 is 0 Å². The summed E-state index contributed by atoms with van der Waals surface area (Å²) >= 11 is 0. The number of ether oxygens (including phenoxy) is 5. The first-order valence-corrected chi connectivity index (χ1v) is 14.7. The van der Waals surface area contributed by atoms with Crippen LogP contribution >= 0.6 is 0 Å². The van der Waals surface area contributed by atoms with Crippen molar-refractivity contribution in [1.82, 2.24) is 0 Å². The molecule has 2 heterocycles. The van der Waals surface area contributed by atoms with Gasteiger partial charge in [0.1, 0.15) is 30.5 Å². The summed E-state index contributed by atoms with van der Waals surface area (Å²) < 4.78 is 26.6. The van der Waals surface area contributed by atoms with E-state index in [1.54, 1.807) is 0 Å². The van der Waals surface area contributed by atoms with Gasteiger partial charge in [0.25, 0.3) is 0 Å². The van der Waals surface area contributed by atoms with Crippen LogP contribution in [0.15, 0.2) is 60.4 Å². The monoisotopic (exact) mass is 706 g/mol. The Kier molecular flexibility index (Phi) is 12.4. The van der Waals surface area contributed by atoms with Gasteiger partial charge in [-0.05, 0) is 47.5 Å². The summed E-state index contributed by atoms with van der Waals surface area (Å²) in [6.07, 6.45) is -9.89. The highest BCUT2D eigenvalue weighted by atomic mass is 16.7. The highest BCUT2D eigenvalue weighted by Gasteiger charge is 2.46. The van der Waals surface area contributed by atoms with Crippen LogP contribution in [-0.4, -0.2) is 137 Å². The number of hydrogen-bond acceptors (Lipinski definition) is 17. The quantitative estimate of drug-likeness (QED) is 0.0665. The molecule has 0 aliphatic carbocycles. The van der Waals surface area contributed by atoms with Crippen molar-refractivity contribution in [2.24, 2.45) is 0 Å². The van der Waals surface area contributed by atoms with Gasteiger partial charge in [0.05, 0.1) is 13.2 Å². The molecule has 2 aliphatic heterocycles. The van der Waals surface area contributed by atoms with Gasteiger partial charge in [-0.15, -0.1) is 0 Å². The zero-order valence-corrected chi connectivity index (χ0v) is 25.7. The van der Waals surface area contributed by atoms with E-state index in [4.69, 9.17) is 23.7 Å². The van der Waals surface area contributed by atoms with Gasteiger partial charge in [-0.25, -0.2) is 14.4 Å². The third-order valence-electron chi connectivity index (χ3n) is 7.41. The number of phenolic OH excluding ortho intramolecular Hbond substituents is 3. The molecule has 2 aromatic rings. The van der Waals surface area contributed by atoms with Gasteiger partial charge in [0.15, 0.2) is 41.3 Å². The second-order valence-electron chi connectivity index (χ2n) is 10.9. The molecule has 270 valence electrons. The van der Waals surface area contributed by atoms with Crippen LogP contribution in [0.2, 0.25) is 0 Å². The van der Waals surface area contributed by atoms with E-state index in [2.05, 4.69) is 0 Å². The summed E-state index contributed by atoms with van der Waals surface area (Å²) in [4.78, 5) is 37.3. The molecule has 18 heteroatoms. The normalized spacial score (nSPS) is 27.3. The average Bonchev–Trinajstić information content (AvgIpc) is 3.09. The molecule has 2 aliphatic rings. The Morgan fingerprint density at radius 2 is 1.44 bits per heavy atom. The SMILES string of the molecule is O=C(/C=C/c1ccc(O)c(O)c1)O[C@H]1[C@@H]([C@H](O)CO)OC(C(=O)O)=C[C@H]1OC(=O)/C=C/c1ccc(O[C@@H]2O[C@H](CO)[C@@H](O)[C@H](O)[C@H]2O)c(O)c1. The first kappa shape index (κ1) is 37.6. The molecule has 2 aromatic carbocycles. The van der Waals surface area contributed by atoms with Crippen LogP contribution in [0.4, 0.5) is 0 Å². The molecule has 0 aromatic heterocycles. The summed E-state index contributed by atoms with van der Waals surface area (Å²) in [5.74, 6) is -6.25. The molecule has 1 fully saturated rings. The number of aliphatic carboxylic acids is 1. The first-order valence-electron chi connectivity index (χ1n) is 14.7. The van der Waals surface area contributed by atoms with Crippen molar-refractivity contribution in [2.45, 2.75) is 55.1 Å². The van der Waals surface area contributed by atoms with E-state index in [0.717, 1.165) is 42.5 Å². The summed E-state index contributed by atoms with van der Waals surface area (Å²) in [5, 5.41) is 98.3. The zero-order valence-electron chi connectivity index (χ0n) is 25.7. The molecule has 0 radical (unpaired) electrons. The van der Waals surface area contributed by atoms with Crippen molar-refractivity contribution < 1.29 is 89.1 Å². The first-order chi connectivity index (χ1) is 23.7. The second kappa shape index (κ2) is 16.5. The number of carbonyl (C=O) groups is 3. The van der Waals surface area contributed by atoms with Gasteiger partial charge < -0.3 is 74.7 Å². The molecule has 0 saturated carbocycles. The lowest BCUT2D eigenvalue weighted by Gasteiger charge is -2.39. The number of benzene rings is 2. The van der Waals surface area contributed by atoms with Gasteiger partial charge in [-0.1, -0.05) is 12.1 Å². The largest absolute Gasteiger partial charge is 0.504 e. The van der Waals surface area contributed by atoms with Crippen molar-refractivity contribution in [3.05, 3.63) is 71.5 Å². The third kappa shape index (κ3) is 9.07. The predicted molar refractivity (Wildman–Crippen MR) is 164 cm³/mol. The zero-order chi connectivity index (χ0) is 36.7. The lowest BCUT2D eigenvalue weighted by atomic mass is 9.99. The maximum atomic E-state index is 12.8. The lowest BCUT2D eigenvalue weighted by Crippen LogP contribution is -2.60. The third-order valence-corrected chi connectivity index (χ3v) is 7.41. The summed E-state index contributed by atoms with van der Waals surface area (Å²) in [7, 11) is 0. The summed E-state index contributed by atoms with van der Waals surface area (Å²) in [6.45, 7) is -1.66. The Hall–Kier alpha value is -5.21. The molecule has 1 saturated heterocycles. The van der Waals surface area contributed by atoms with E-state index < -0.39 is 109 Å². The number of esters is 2. The Bertz CT molecular complexity index is 1630. The van der Waals surface area contributed by atoms with Crippen molar-refractivity contribution in [3.8, 4) is 23.0 Å². The lowest BCUT2D eigenvalue weighted by molar-refractivity contribution is -0.277. The van der Waals surface area contributed by atoms with Crippen molar-refractivity contribution >= 4 is 30.1 Å². The summed E-state index contributed by atoms with van der Waals surface area (Å²) in [5.41, 5.74) is 0.459. The highest BCUT2D eigenvalue weighted by molar-refractivity contribution is 5.89. The fourth-order valence-corrected chi connectivity index (χ4v) is 4.79. The molecule has 18 nitrogen and oxygen atoms in total. The number of carboxylic acid groups (broad SMARTS) is 1. The smallest absolute Gasteiger partial charge is 0.370 e. The Morgan fingerprint density at radius 3 is 2.02 bits per heavy atom. The predicted octanol–water partition coefficient (Wildman–Crippen LogP) is -1.75. The number of rotatable bonds is 12. The van der Waals surface area contributed by atoms with E-state index in [1.807, 2.05) is 0 Å². The minimum Gasteiger partial charge on any atom is -0.504 e. The number of aliphatic hydroxyl groups excluding tert-OH is 6. The van der Waals surface area contributed by atoms with Crippen LogP contribution in [0.1, 0.15) is 11.1 Å². The van der Waals surface area contributed by atoms with Crippen molar-refractivity contribution in [2.75, 3.05) is 13.2 Å². The fourth-order valence-electron chi connectivity index (χ4n) is 4.79. The van der Waals surface area contributed by atoms with Gasteiger partial charge in [-0.2, -0.15) is 0 Å². The molecule has 4 rings (SSSR count). The molecule has 0 amide bonds. The molecular weight excluding hydrogens is 672 g/mol. The molecule has 10 N–H and O–H groups in total. The number of aliphatic hydroxyl groups is 6. The Labute approximate surface area is 282 Å². The Balaban J connectivity index is 1.49. The Morgan fingerprint density at radius 1 is 0.820 bits per heavy atom. The van der Waals surface area contributed by atoms with E-state index in [0.29, 0.717) is 0 Å². The van der Waals surface area contributed by atoms with E-state index in [9.17, 15) is 65.4 Å². The molecule has 0 bridgehead atoms. The van der Waals surface area contributed by atoms with E-state index in [-0.39, 0.29) is 16.9 Å². The minimum atomic E-state index is -1.81. The number of phenols is 3. The van der Waals surface area contributed by atoms with E-state index in [1.165, 1.54) is 24.3 Å². The minimum absolute atomic E-state index is 0.191. The highest BCUT2D eigenvalue weighted by Crippen LogP contribution is 2.32. The maximum absolute atomic E-state index is 12.8. The number of carbonyl (C=O) groups excluding carboxylic acids is 2. The molecule has 50 heavy (non-hydrogen) atoms. The van der Waals surface area contributed by atoms with Crippen molar-refractivity contribution in [3.63, 3.8) is 0 Å². The van der Waals surface area contributed by atoms with Crippen LogP contribution in [-0.2, 0) is 33.3 Å². The van der Waals surface area contributed by atoms with Crippen LogP contribution in [0.25, 0.3) is 12.2 Å². The van der Waals surface area contributed by atoms with Crippen molar-refractivity contribution in [1.29, 1.82) is 0 Å². The van der Waals surface area contributed by atoms with Gasteiger partial charge in [0.2, 0.25) is 12.0 Å². The van der Waals surface area contributed by atoms with Crippen LogP contribution in [0.5, 0.6) is 23.0 Å². The van der Waals surface area contributed by atoms with Crippen LogP contribution in [0, 0.1) is 0 Å². The molecule has 0 unspecified atom stereocenters. The maximum Gasteiger partial charge on any atom is 0.370 e. The van der Waals surface area contributed by atoms with Gasteiger partial charge in [-0.3, -0.25) is 0 Å². The van der Waals surface area contributed by atoms with Gasteiger partial charge >= 0.3 is 17.9 Å². The molecular formula is C32H34O18. The van der Waals surface area contributed by atoms with Crippen LogP contribution < -0.4 is 4.74 Å². The number of carboxylic acids is 1. The fraction of sp³-hybridized carbons (Fsp3) is 0.344. The molecule has 9 atom stereocenters. The van der Waals surface area contributed by atoms with Gasteiger partial charge in [0, 0.05) is 18.2 Å². The number of hydrogen-bond donors (Lipinski definition) is 10. The number of aromatic hydroxyl groups is 3. The average molecular weight is 707 g/mol.